The second-order valence-corrected chi connectivity index (χ2v) is 11.3. The van der Waals surface area contributed by atoms with Crippen LogP contribution in [0.4, 0.5) is 0 Å². The van der Waals surface area contributed by atoms with E-state index in [0.717, 1.165) is 32.7 Å². The van der Waals surface area contributed by atoms with Crippen LogP contribution in [0.1, 0.15) is 30.9 Å². The number of carbonyl (C=O) groups excluding carboxylic acids is 2. The molecule has 0 saturated carbocycles. The van der Waals surface area contributed by atoms with Crippen LogP contribution in [0.15, 0.2) is 89.9 Å². The highest BCUT2D eigenvalue weighted by atomic mass is 16.2. The van der Waals surface area contributed by atoms with E-state index >= 15 is 0 Å². The fraction of sp³-hybridized carbons (Fsp3) is 0.324. The van der Waals surface area contributed by atoms with E-state index in [9.17, 15) is 9.59 Å². The molecule has 1 saturated heterocycles. The number of rotatable bonds is 9. The zero-order valence-electron chi connectivity index (χ0n) is 24.2. The first-order valence-corrected chi connectivity index (χ1v) is 14.6. The van der Waals surface area contributed by atoms with Crippen molar-refractivity contribution in [3.63, 3.8) is 0 Å². The molecule has 42 heavy (non-hydrogen) atoms. The standard InChI is InChI=1S/C34H40N6O2/c1-23-21-40(33(42)31(35)19-24-12-14-26-7-2-4-9-28(26)17-24)30(11-6-16-38-34(36)37)22-39(23)32(41)20-25-13-15-27-8-3-5-10-29(27)18-25/h2-5,7-10,12-15,17-18,23,30-31H,6,11,16,19-22,35H2,1H3,(H4,36,37,38)/t23?,30-,31+/m0/s1. The quantitative estimate of drug-likeness (QED) is 0.162. The number of nitrogens with zero attached hydrogens (tertiary/aromatic N) is 3. The maximum atomic E-state index is 13.8. The second kappa shape index (κ2) is 13.0. The number of piperazine rings is 1. The number of amides is 2. The van der Waals surface area contributed by atoms with Gasteiger partial charge in [0.2, 0.25) is 11.8 Å². The van der Waals surface area contributed by atoms with Gasteiger partial charge in [0.15, 0.2) is 5.96 Å². The molecule has 1 fully saturated rings. The predicted octanol–water partition coefficient (Wildman–Crippen LogP) is 3.59. The summed E-state index contributed by atoms with van der Waals surface area (Å²) in [4.78, 5) is 35.3. The first-order chi connectivity index (χ1) is 20.3. The lowest BCUT2D eigenvalue weighted by molar-refractivity contribution is -0.147. The molecule has 218 valence electrons. The molecule has 0 aliphatic carbocycles. The van der Waals surface area contributed by atoms with Gasteiger partial charge in [-0.25, -0.2) is 0 Å². The third-order valence-electron chi connectivity index (χ3n) is 8.19. The third kappa shape index (κ3) is 6.89. The molecule has 1 aliphatic heterocycles. The highest BCUT2D eigenvalue weighted by Crippen LogP contribution is 2.24. The molecule has 8 nitrogen and oxygen atoms in total. The molecule has 1 aliphatic rings. The molecule has 3 atom stereocenters. The molecule has 1 unspecified atom stereocenters. The maximum absolute atomic E-state index is 13.8. The molecular weight excluding hydrogens is 524 g/mol. The van der Waals surface area contributed by atoms with Crippen LogP contribution >= 0.6 is 0 Å². The van der Waals surface area contributed by atoms with E-state index in [1.165, 1.54) is 0 Å². The Morgan fingerprint density at radius 3 is 2.07 bits per heavy atom. The maximum Gasteiger partial charge on any atom is 0.240 e. The highest BCUT2D eigenvalue weighted by molar-refractivity contribution is 5.87. The van der Waals surface area contributed by atoms with Crippen LogP contribution in [0.3, 0.4) is 0 Å². The molecule has 0 aromatic heterocycles. The van der Waals surface area contributed by atoms with Crippen molar-refractivity contribution in [1.29, 1.82) is 0 Å². The van der Waals surface area contributed by atoms with Crippen LogP contribution in [-0.4, -0.2) is 65.3 Å². The lowest BCUT2D eigenvalue weighted by Gasteiger charge is -2.46. The average molecular weight is 565 g/mol. The fourth-order valence-electron chi connectivity index (χ4n) is 5.98. The third-order valence-corrected chi connectivity index (χ3v) is 8.19. The van der Waals surface area contributed by atoms with Crippen LogP contribution in [-0.2, 0) is 22.4 Å². The van der Waals surface area contributed by atoms with Gasteiger partial charge in [0.05, 0.1) is 12.5 Å². The van der Waals surface area contributed by atoms with Gasteiger partial charge in [0.1, 0.15) is 0 Å². The lowest BCUT2D eigenvalue weighted by atomic mass is 9.97. The van der Waals surface area contributed by atoms with Crippen molar-refractivity contribution >= 4 is 39.3 Å². The first-order valence-electron chi connectivity index (χ1n) is 14.6. The zero-order valence-corrected chi connectivity index (χ0v) is 24.2. The number of carbonyl (C=O) groups is 2. The van der Waals surface area contributed by atoms with E-state index in [1.807, 2.05) is 53.1 Å². The van der Waals surface area contributed by atoms with Gasteiger partial charge in [-0.1, -0.05) is 84.9 Å². The van der Waals surface area contributed by atoms with Crippen molar-refractivity contribution < 1.29 is 9.59 Å². The minimum Gasteiger partial charge on any atom is -0.370 e. The van der Waals surface area contributed by atoms with Crippen molar-refractivity contribution in [2.45, 2.75) is 50.7 Å². The minimum absolute atomic E-state index is 0.0461. The molecule has 0 bridgehead atoms. The zero-order chi connectivity index (χ0) is 29.6. The smallest absolute Gasteiger partial charge is 0.240 e. The lowest BCUT2D eigenvalue weighted by Crippen LogP contribution is -2.63. The molecule has 6 N–H and O–H groups in total. The van der Waals surface area contributed by atoms with Gasteiger partial charge in [-0.3, -0.25) is 14.6 Å². The van der Waals surface area contributed by atoms with Gasteiger partial charge in [0.25, 0.3) is 0 Å². The van der Waals surface area contributed by atoms with Crippen LogP contribution in [0.25, 0.3) is 21.5 Å². The predicted molar refractivity (Wildman–Crippen MR) is 170 cm³/mol. The summed E-state index contributed by atoms with van der Waals surface area (Å²) in [6.07, 6.45) is 2.11. The van der Waals surface area contributed by atoms with Gasteiger partial charge in [-0.2, -0.15) is 0 Å². The van der Waals surface area contributed by atoms with Crippen LogP contribution in [0.5, 0.6) is 0 Å². The summed E-state index contributed by atoms with van der Waals surface area (Å²) in [6.45, 7) is 3.35. The molecular formula is C34H40N6O2. The molecule has 8 heteroatoms. The van der Waals surface area contributed by atoms with E-state index in [4.69, 9.17) is 17.2 Å². The number of hydrogen-bond acceptors (Lipinski definition) is 4. The summed E-state index contributed by atoms with van der Waals surface area (Å²) in [5.41, 5.74) is 19.6. The Bertz CT molecular complexity index is 1600. The molecule has 0 radical (unpaired) electrons. The normalized spacial score (nSPS) is 17.8. The second-order valence-electron chi connectivity index (χ2n) is 11.3. The summed E-state index contributed by atoms with van der Waals surface area (Å²) in [7, 11) is 0. The van der Waals surface area contributed by atoms with E-state index < -0.39 is 6.04 Å². The van der Waals surface area contributed by atoms with E-state index in [-0.39, 0.29) is 29.9 Å². The molecule has 4 aromatic carbocycles. The van der Waals surface area contributed by atoms with Crippen LogP contribution in [0, 0.1) is 0 Å². The Labute approximate surface area is 247 Å². The Morgan fingerprint density at radius 2 is 1.43 bits per heavy atom. The average Bonchev–Trinajstić information content (AvgIpc) is 2.99. The molecule has 5 rings (SSSR count). The molecule has 0 spiro atoms. The van der Waals surface area contributed by atoms with Crippen molar-refractivity contribution in [2.24, 2.45) is 22.2 Å². The van der Waals surface area contributed by atoms with E-state index in [2.05, 4.69) is 53.5 Å². The number of fused-ring (bicyclic) bond motifs is 2. The van der Waals surface area contributed by atoms with Gasteiger partial charge >= 0.3 is 0 Å². The van der Waals surface area contributed by atoms with Gasteiger partial charge in [0, 0.05) is 31.7 Å². The number of benzene rings is 4. The summed E-state index contributed by atoms with van der Waals surface area (Å²) in [5, 5.41) is 4.54. The monoisotopic (exact) mass is 564 g/mol. The van der Waals surface area contributed by atoms with Gasteiger partial charge in [-0.05, 0) is 58.9 Å². The number of nitrogens with two attached hydrogens (primary N) is 3. The molecule has 4 aromatic rings. The van der Waals surface area contributed by atoms with E-state index in [0.29, 0.717) is 45.3 Å². The van der Waals surface area contributed by atoms with Gasteiger partial charge < -0.3 is 27.0 Å². The summed E-state index contributed by atoms with van der Waals surface area (Å²) in [6, 6.07) is 27.7. The molecule has 1 heterocycles. The summed E-state index contributed by atoms with van der Waals surface area (Å²) >= 11 is 0. The summed E-state index contributed by atoms with van der Waals surface area (Å²) < 4.78 is 0. The number of hydrogen-bond donors (Lipinski definition) is 3. The van der Waals surface area contributed by atoms with Crippen molar-refractivity contribution in [3.05, 3.63) is 96.1 Å². The SMILES string of the molecule is CC1CN(C(=O)[C@H](N)Cc2ccc3ccccc3c2)[C@@H](CCCN=C(N)N)CN1C(=O)Cc1ccc2ccccc2c1. The van der Waals surface area contributed by atoms with Gasteiger partial charge in [-0.15, -0.1) is 0 Å². The first kappa shape index (κ1) is 29.1. The Balaban J connectivity index is 1.29. The fourth-order valence-corrected chi connectivity index (χ4v) is 5.98. The van der Waals surface area contributed by atoms with Crippen molar-refractivity contribution in [1.82, 2.24) is 9.80 Å². The Hall–Kier alpha value is -4.43. The van der Waals surface area contributed by atoms with Crippen LogP contribution < -0.4 is 17.2 Å². The number of aliphatic imine (C=N–C) groups is 1. The van der Waals surface area contributed by atoms with E-state index in [1.54, 1.807) is 0 Å². The molecule has 2 amide bonds. The Kier molecular flexibility index (Phi) is 9.03. The summed E-state index contributed by atoms with van der Waals surface area (Å²) in [5.74, 6) is 0.00726. The van der Waals surface area contributed by atoms with Crippen molar-refractivity contribution in [2.75, 3.05) is 19.6 Å². The Morgan fingerprint density at radius 1 is 0.833 bits per heavy atom. The highest BCUT2D eigenvalue weighted by Gasteiger charge is 2.37. The van der Waals surface area contributed by atoms with Crippen LogP contribution in [0.2, 0.25) is 0 Å². The largest absolute Gasteiger partial charge is 0.370 e. The minimum atomic E-state index is -0.682. The van der Waals surface area contributed by atoms with Crippen molar-refractivity contribution in [3.8, 4) is 0 Å². The number of guanidine groups is 1. The topological polar surface area (TPSA) is 131 Å².